The van der Waals surface area contributed by atoms with Crippen molar-refractivity contribution in [2.45, 2.75) is 52.1 Å². The molecule has 0 saturated carbocycles. The first kappa shape index (κ1) is 24.6. The van der Waals surface area contributed by atoms with Crippen molar-refractivity contribution in [1.82, 2.24) is 10.2 Å². The van der Waals surface area contributed by atoms with Gasteiger partial charge in [0.15, 0.2) is 0 Å². The third-order valence-electron chi connectivity index (χ3n) is 4.57. The molecule has 2 aromatic rings. The van der Waals surface area contributed by atoms with Gasteiger partial charge in [0.25, 0.3) is 0 Å². The van der Waals surface area contributed by atoms with Gasteiger partial charge >= 0.3 is 0 Å². The van der Waals surface area contributed by atoms with Crippen LogP contribution >= 0.6 is 35.0 Å². The first-order valence-electron chi connectivity index (χ1n) is 9.85. The predicted molar refractivity (Wildman–Crippen MR) is 127 cm³/mol. The summed E-state index contributed by atoms with van der Waals surface area (Å²) in [7, 11) is 0. The molecule has 0 bridgehead atoms. The van der Waals surface area contributed by atoms with Crippen molar-refractivity contribution < 1.29 is 9.59 Å². The van der Waals surface area contributed by atoms with E-state index in [0.29, 0.717) is 22.3 Å². The summed E-state index contributed by atoms with van der Waals surface area (Å²) in [6.07, 6.45) is 0. The Morgan fingerprint density at radius 3 is 2.30 bits per heavy atom. The number of amides is 2. The molecule has 0 saturated heterocycles. The van der Waals surface area contributed by atoms with Gasteiger partial charge in [-0.1, -0.05) is 59.1 Å². The minimum absolute atomic E-state index is 0.00705. The minimum atomic E-state index is -0.579. The number of halogens is 2. The Hall–Kier alpha value is -1.69. The second-order valence-corrected chi connectivity index (χ2v) is 9.34. The van der Waals surface area contributed by atoms with Gasteiger partial charge in [-0.15, -0.1) is 11.8 Å². The van der Waals surface area contributed by atoms with Crippen molar-refractivity contribution >= 4 is 46.8 Å². The van der Waals surface area contributed by atoms with E-state index in [9.17, 15) is 9.59 Å². The second-order valence-electron chi connectivity index (χ2n) is 7.54. The second kappa shape index (κ2) is 11.6. The Kier molecular flexibility index (Phi) is 9.53. The number of hydrogen-bond donors (Lipinski definition) is 1. The molecule has 0 heterocycles. The molecule has 2 aromatic carbocycles. The van der Waals surface area contributed by atoms with E-state index in [-0.39, 0.29) is 23.6 Å². The van der Waals surface area contributed by atoms with Gasteiger partial charge in [0, 0.05) is 28.4 Å². The van der Waals surface area contributed by atoms with E-state index in [0.717, 1.165) is 16.7 Å². The lowest BCUT2D eigenvalue weighted by atomic mass is 10.1. The number of hydrogen-bond acceptors (Lipinski definition) is 3. The van der Waals surface area contributed by atoms with E-state index < -0.39 is 6.04 Å². The van der Waals surface area contributed by atoms with Gasteiger partial charge in [-0.2, -0.15) is 0 Å². The van der Waals surface area contributed by atoms with E-state index in [4.69, 9.17) is 23.2 Å². The molecule has 2 amide bonds. The number of thioether (sulfide) groups is 1. The molecule has 0 aliphatic rings. The highest BCUT2D eigenvalue weighted by molar-refractivity contribution is 7.99. The van der Waals surface area contributed by atoms with Gasteiger partial charge in [0.2, 0.25) is 11.8 Å². The molecule has 0 aliphatic heterocycles. The first-order valence-corrected chi connectivity index (χ1v) is 11.8. The highest BCUT2D eigenvalue weighted by Gasteiger charge is 2.26. The smallest absolute Gasteiger partial charge is 0.242 e. The quantitative estimate of drug-likeness (QED) is 0.532. The molecule has 7 heteroatoms. The molecule has 0 radical (unpaired) electrons. The molecule has 0 aliphatic carbocycles. The zero-order chi connectivity index (χ0) is 22.3. The summed E-state index contributed by atoms with van der Waals surface area (Å²) in [5.41, 5.74) is 2.92. The van der Waals surface area contributed by atoms with Crippen LogP contribution in [0.5, 0.6) is 0 Å². The summed E-state index contributed by atoms with van der Waals surface area (Å²) >= 11 is 13.9. The zero-order valence-corrected chi connectivity index (χ0v) is 20.1. The van der Waals surface area contributed by atoms with Crippen LogP contribution in [0.25, 0.3) is 0 Å². The summed E-state index contributed by atoms with van der Waals surface area (Å²) in [6, 6.07) is 12.8. The van der Waals surface area contributed by atoms with E-state index >= 15 is 0 Å². The lowest BCUT2D eigenvalue weighted by Gasteiger charge is -2.29. The van der Waals surface area contributed by atoms with Crippen LogP contribution in [0.4, 0.5) is 0 Å². The van der Waals surface area contributed by atoms with Crippen LogP contribution in [0.2, 0.25) is 10.0 Å². The molecule has 162 valence electrons. The van der Waals surface area contributed by atoms with Crippen molar-refractivity contribution in [3.63, 3.8) is 0 Å². The third-order valence-corrected chi connectivity index (χ3v) is 6.22. The maximum absolute atomic E-state index is 13.1. The highest BCUT2D eigenvalue weighted by atomic mass is 35.5. The van der Waals surface area contributed by atoms with E-state index in [1.807, 2.05) is 45.0 Å². The van der Waals surface area contributed by atoms with Crippen molar-refractivity contribution in [2.24, 2.45) is 0 Å². The van der Waals surface area contributed by atoms with Crippen molar-refractivity contribution in [3.8, 4) is 0 Å². The van der Waals surface area contributed by atoms with Gasteiger partial charge in [-0.25, -0.2) is 0 Å². The molecule has 0 spiro atoms. The fourth-order valence-corrected chi connectivity index (χ4v) is 4.64. The van der Waals surface area contributed by atoms with E-state index in [1.165, 1.54) is 11.8 Å². The van der Waals surface area contributed by atoms with Gasteiger partial charge in [0.05, 0.1) is 5.75 Å². The molecular weight excluding hydrogens is 439 g/mol. The normalized spacial score (nSPS) is 12.0. The summed E-state index contributed by atoms with van der Waals surface area (Å²) in [4.78, 5) is 27.3. The molecule has 0 unspecified atom stereocenters. The Bertz CT molecular complexity index is 869. The number of nitrogens with one attached hydrogen (secondary N) is 1. The molecule has 1 N–H and O–H groups in total. The molecule has 1 atom stereocenters. The minimum Gasteiger partial charge on any atom is -0.352 e. The van der Waals surface area contributed by atoms with Gasteiger partial charge in [0.1, 0.15) is 6.04 Å². The number of carbonyl (C=O) groups excluding carboxylic acids is 2. The Morgan fingerprint density at radius 2 is 1.70 bits per heavy atom. The standard InChI is InChI=1S/C23H28Cl2N2O2S/c1-15(2)26-23(29)17(4)27(12-18-8-5-7-16(3)11-18)22(28)14-30-13-19-20(24)9-6-10-21(19)25/h5-11,15,17H,12-14H2,1-4H3,(H,26,29)/t17-/m0/s1. The maximum Gasteiger partial charge on any atom is 0.242 e. The number of benzene rings is 2. The maximum atomic E-state index is 13.1. The molecule has 0 fully saturated rings. The Labute approximate surface area is 193 Å². The lowest BCUT2D eigenvalue weighted by Crippen LogP contribution is -2.49. The monoisotopic (exact) mass is 466 g/mol. The molecule has 30 heavy (non-hydrogen) atoms. The third kappa shape index (κ3) is 7.22. The van der Waals surface area contributed by atoms with Crippen LogP contribution in [0, 0.1) is 6.92 Å². The van der Waals surface area contributed by atoms with Crippen molar-refractivity contribution in [1.29, 1.82) is 0 Å². The van der Waals surface area contributed by atoms with Gasteiger partial charge < -0.3 is 10.2 Å². The summed E-state index contributed by atoms with van der Waals surface area (Å²) < 4.78 is 0. The Morgan fingerprint density at radius 1 is 1.07 bits per heavy atom. The van der Waals surface area contributed by atoms with E-state index in [1.54, 1.807) is 30.0 Å². The topological polar surface area (TPSA) is 49.4 Å². The van der Waals surface area contributed by atoms with Crippen molar-refractivity contribution in [3.05, 3.63) is 69.2 Å². The zero-order valence-electron chi connectivity index (χ0n) is 17.7. The number of nitrogens with zero attached hydrogens (tertiary/aromatic N) is 1. The van der Waals surface area contributed by atoms with Crippen molar-refractivity contribution in [2.75, 3.05) is 5.75 Å². The SMILES string of the molecule is Cc1cccc(CN(C(=O)CSCc2c(Cl)cccc2Cl)[C@@H](C)C(=O)NC(C)C)c1. The molecular formula is C23H28Cl2N2O2S. The molecule has 2 rings (SSSR count). The summed E-state index contributed by atoms with van der Waals surface area (Å²) in [6.45, 7) is 7.95. The number of aryl methyl sites for hydroxylation is 1. The van der Waals surface area contributed by atoms with Crippen LogP contribution in [-0.4, -0.2) is 34.6 Å². The summed E-state index contributed by atoms with van der Waals surface area (Å²) in [5, 5.41) is 4.07. The largest absolute Gasteiger partial charge is 0.352 e. The number of carbonyl (C=O) groups is 2. The van der Waals surface area contributed by atoms with Crippen LogP contribution in [-0.2, 0) is 21.9 Å². The first-order chi connectivity index (χ1) is 14.2. The number of rotatable bonds is 9. The lowest BCUT2D eigenvalue weighted by molar-refractivity contribution is -0.138. The van der Waals surface area contributed by atoms with Gasteiger partial charge in [-0.3, -0.25) is 9.59 Å². The molecule has 4 nitrogen and oxygen atoms in total. The fourth-order valence-electron chi connectivity index (χ4n) is 2.99. The molecule has 0 aromatic heterocycles. The van der Waals surface area contributed by atoms with E-state index in [2.05, 4.69) is 5.32 Å². The predicted octanol–water partition coefficient (Wildman–Crippen LogP) is 5.48. The Balaban J connectivity index is 2.11. The van der Waals surface area contributed by atoms with Crippen LogP contribution in [0.15, 0.2) is 42.5 Å². The van der Waals surface area contributed by atoms with Crippen LogP contribution in [0.3, 0.4) is 0 Å². The van der Waals surface area contributed by atoms with Crippen LogP contribution in [0.1, 0.15) is 37.5 Å². The summed E-state index contributed by atoms with van der Waals surface area (Å²) in [5.74, 6) is 0.489. The fraction of sp³-hybridized carbons (Fsp3) is 0.391. The average molecular weight is 467 g/mol. The van der Waals surface area contributed by atoms with Gasteiger partial charge in [-0.05, 0) is 51.0 Å². The van der Waals surface area contributed by atoms with Crippen LogP contribution < -0.4 is 5.32 Å². The highest BCUT2D eigenvalue weighted by Crippen LogP contribution is 2.28. The average Bonchev–Trinajstić information content (AvgIpc) is 2.67.